The van der Waals surface area contributed by atoms with Gasteiger partial charge in [-0.2, -0.15) is 4.31 Å². The lowest BCUT2D eigenvalue weighted by atomic mass is 10.5. The summed E-state index contributed by atoms with van der Waals surface area (Å²) in [6.45, 7) is 0.116. The summed E-state index contributed by atoms with van der Waals surface area (Å²) in [4.78, 5) is 13.2. The zero-order chi connectivity index (χ0) is 14.1. The molecule has 0 unspecified atom stereocenters. The van der Waals surface area contributed by atoms with Crippen LogP contribution in [-0.4, -0.2) is 50.7 Å². The van der Waals surface area contributed by atoms with Crippen LogP contribution in [0, 0.1) is 0 Å². The Balaban J connectivity index is 2.29. The van der Waals surface area contributed by atoms with Crippen LogP contribution in [0.25, 0.3) is 0 Å². The maximum Gasteiger partial charge on any atom is 0.247 e. The molecule has 1 fully saturated rings. The molecule has 1 N–H and O–H groups in total. The fourth-order valence-electron chi connectivity index (χ4n) is 1.86. The van der Waals surface area contributed by atoms with Crippen molar-refractivity contribution in [2.45, 2.75) is 11.3 Å². The standard InChI is InChI=1S/C10H14N2O5S2/c13-10-3-2-9(8-11-10)19(16,17)12-4-1-6-18(14,15)7-5-12/h2-3,8H,1,4-7H2,(H,11,13). The number of sulfone groups is 1. The summed E-state index contributed by atoms with van der Waals surface area (Å²) in [6.07, 6.45) is 1.40. The van der Waals surface area contributed by atoms with Crippen LogP contribution in [0.2, 0.25) is 0 Å². The Morgan fingerprint density at radius 1 is 1.16 bits per heavy atom. The van der Waals surface area contributed by atoms with E-state index in [1.54, 1.807) is 0 Å². The third-order valence-corrected chi connectivity index (χ3v) is 6.52. The van der Waals surface area contributed by atoms with Crippen molar-refractivity contribution in [2.75, 3.05) is 24.6 Å². The van der Waals surface area contributed by atoms with E-state index in [1.165, 1.54) is 6.07 Å². The van der Waals surface area contributed by atoms with Gasteiger partial charge >= 0.3 is 0 Å². The zero-order valence-corrected chi connectivity index (χ0v) is 11.7. The first-order valence-corrected chi connectivity index (χ1v) is 8.97. The molecule has 0 saturated carbocycles. The van der Waals surface area contributed by atoms with Gasteiger partial charge in [0.25, 0.3) is 0 Å². The highest BCUT2D eigenvalue weighted by Crippen LogP contribution is 2.16. The van der Waals surface area contributed by atoms with Gasteiger partial charge in [0, 0.05) is 25.4 Å². The minimum absolute atomic E-state index is 0.00461. The van der Waals surface area contributed by atoms with Crippen molar-refractivity contribution in [1.29, 1.82) is 0 Å². The van der Waals surface area contributed by atoms with E-state index in [0.29, 0.717) is 0 Å². The maximum absolute atomic E-state index is 12.3. The van der Waals surface area contributed by atoms with Crippen molar-refractivity contribution in [1.82, 2.24) is 9.29 Å². The van der Waals surface area contributed by atoms with Gasteiger partial charge < -0.3 is 4.98 Å². The van der Waals surface area contributed by atoms with Gasteiger partial charge in [0.1, 0.15) is 0 Å². The smallest absolute Gasteiger partial charge is 0.247 e. The molecule has 0 radical (unpaired) electrons. The summed E-state index contributed by atoms with van der Waals surface area (Å²) in [5, 5.41) is 0. The molecule has 0 aromatic carbocycles. The van der Waals surface area contributed by atoms with Gasteiger partial charge in [0.15, 0.2) is 9.84 Å². The number of sulfonamides is 1. The molecule has 2 rings (SSSR count). The first-order chi connectivity index (χ1) is 8.81. The number of hydrogen-bond donors (Lipinski definition) is 1. The predicted octanol–water partition coefficient (Wildman–Crippen LogP) is -0.816. The van der Waals surface area contributed by atoms with Crippen molar-refractivity contribution in [3.05, 3.63) is 28.7 Å². The first kappa shape index (κ1) is 14.2. The Hall–Kier alpha value is -1.19. The normalized spacial score (nSPS) is 20.8. The molecular weight excluding hydrogens is 292 g/mol. The Kier molecular flexibility index (Phi) is 3.79. The molecule has 0 spiro atoms. The monoisotopic (exact) mass is 306 g/mol. The molecule has 7 nitrogen and oxygen atoms in total. The molecule has 1 aromatic heterocycles. The van der Waals surface area contributed by atoms with Crippen molar-refractivity contribution < 1.29 is 16.8 Å². The predicted molar refractivity (Wildman–Crippen MR) is 69.1 cm³/mol. The quantitative estimate of drug-likeness (QED) is 0.769. The second kappa shape index (κ2) is 5.06. The molecule has 0 aliphatic carbocycles. The van der Waals surface area contributed by atoms with Crippen LogP contribution in [-0.2, 0) is 19.9 Å². The SMILES string of the molecule is O=c1ccc(S(=O)(=O)N2CCCS(=O)(=O)CC2)c[nH]1. The summed E-state index contributed by atoms with van der Waals surface area (Å²) in [5.74, 6) is -0.166. The Morgan fingerprint density at radius 3 is 2.53 bits per heavy atom. The highest BCUT2D eigenvalue weighted by molar-refractivity contribution is 7.91. The van der Waals surface area contributed by atoms with E-state index in [9.17, 15) is 21.6 Å². The average molecular weight is 306 g/mol. The molecule has 1 aliphatic heterocycles. The largest absolute Gasteiger partial charge is 0.328 e. The molecule has 0 atom stereocenters. The Morgan fingerprint density at radius 2 is 1.89 bits per heavy atom. The van der Waals surface area contributed by atoms with Gasteiger partial charge in [-0.25, -0.2) is 16.8 Å². The molecule has 106 valence electrons. The fourth-order valence-corrected chi connectivity index (χ4v) is 4.70. The van der Waals surface area contributed by atoms with Crippen LogP contribution >= 0.6 is 0 Å². The summed E-state index contributed by atoms with van der Waals surface area (Å²) < 4.78 is 48.6. The fraction of sp³-hybridized carbons (Fsp3) is 0.500. The van der Waals surface area contributed by atoms with Gasteiger partial charge in [-0.3, -0.25) is 4.79 Å². The highest BCUT2D eigenvalue weighted by atomic mass is 32.2. The topological polar surface area (TPSA) is 104 Å². The van der Waals surface area contributed by atoms with Crippen LogP contribution in [0.3, 0.4) is 0 Å². The van der Waals surface area contributed by atoms with Gasteiger partial charge in [-0.15, -0.1) is 0 Å². The van der Waals surface area contributed by atoms with Crippen molar-refractivity contribution in [2.24, 2.45) is 0 Å². The third-order valence-electron chi connectivity index (χ3n) is 2.91. The van der Waals surface area contributed by atoms with Crippen LogP contribution in [0.1, 0.15) is 6.42 Å². The number of rotatable bonds is 2. The highest BCUT2D eigenvalue weighted by Gasteiger charge is 2.28. The van der Waals surface area contributed by atoms with E-state index in [4.69, 9.17) is 0 Å². The zero-order valence-electron chi connectivity index (χ0n) is 10.1. The number of nitrogens with one attached hydrogen (secondary N) is 1. The Labute approximate surface area is 111 Å². The molecule has 19 heavy (non-hydrogen) atoms. The summed E-state index contributed by atoms with van der Waals surface area (Å²) >= 11 is 0. The van der Waals surface area contributed by atoms with Crippen molar-refractivity contribution >= 4 is 19.9 Å². The van der Waals surface area contributed by atoms with E-state index >= 15 is 0 Å². The van der Waals surface area contributed by atoms with Crippen LogP contribution in [0.4, 0.5) is 0 Å². The molecule has 9 heteroatoms. The van der Waals surface area contributed by atoms with E-state index < -0.39 is 25.4 Å². The first-order valence-electron chi connectivity index (χ1n) is 5.71. The lowest BCUT2D eigenvalue weighted by Gasteiger charge is -2.18. The number of H-pyrrole nitrogens is 1. The number of aromatic nitrogens is 1. The summed E-state index contributed by atoms with van der Waals surface area (Å²) in [7, 11) is -6.92. The third kappa shape index (κ3) is 3.23. The number of nitrogens with zero attached hydrogens (tertiary/aromatic N) is 1. The molecular formula is C10H14N2O5S2. The average Bonchev–Trinajstić information content (AvgIpc) is 2.51. The van der Waals surface area contributed by atoms with Gasteiger partial charge in [-0.1, -0.05) is 0 Å². The number of hydrogen-bond acceptors (Lipinski definition) is 5. The summed E-state index contributed by atoms with van der Waals surface area (Å²) in [5.41, 5.74) is -0.391. The molecule has 0 bridgehead atoms. The molecule has 1 aromatic rings. The van der Waals surface area contributed by atoms with Gasteiger partial charge in [0.05, 0.1) is 16.4 Å². The summed E-state index contributed by atoms with van der Waals surface area (Å²) in [6, 6.07) is 2.34. The molecule has 1 aliphatic rings. The minimum atomic E-state index is -3.75. The van der Waals surface area contributed by atoms with E-state index in [2.05, 4.69) is 4.98 Å². The van der Waals surface area contributed by atoms with Crippen LogP contribution in [0.5, 0.6) is 0 Å². The number of aromatic amines is 1. The van der Waals surface area contributed by atoms with E-state index in [-0.39, 0.29) is 35.9 Å². The second-order valence-electron chi connectivity index (χ2n) is 4.30. The number of pyridine rings is 1. The Bertz CT molecular complexity index is 700. The lowest BCUT2D eigenvalue weighted by molar-refractivity contribution is 0.434. The van der Waals surface area contributed by atoms with Gasteiger partial charge in [-0.05, 0) is 12.5 Å². The van der Waals surface area contributed by atoms with Crippen LogP contribution < -0.4 is 5.56 Å². The minimum Gasteiger partial charge on any atom is -0.328 e. The van der Waals surface area contributed by atoms with Gasteiger partial charge in [0.2, 0.25) is 15.6 Å². The van der Waals surface area contributed by atoms with Crippen LogP contribution in [0.15, 0.2) is 28.0 Å². The van der Waals surface area contributed by atoms with E-state index in [0.717, 1.165) is 16.6 Å². The molecule has 0 amide bonds. The van der Waals surface area contributed by atoms with Crippen molar-refractivity contribution in [3.63, 3.8) is 0 Å². The lowest BCUT2D eigenvalue weighted by Crippen LogP contribution is -2.34. The van der Waals surface area contributed by atoms with Crippen molar-refractivity contribution in [3.8, 4) is 0 Å². The maximum atomic E-state index is 12.3. The van der Waals surface area contributed by atoms with E-state index in [1.807, 2.05) is 0 Å². The molecule has 2 heterocycles. The second-order valence-corrected chi connectivity index (χ2v) is 8.54. The molecule has 1 saturated heterocycles.